The predicted octanol–water partition coefficient (Wildman–Crippen LogP) is 1.99. The molecule has 1 N–H and O–H groups in total. The van der Waals surface area contributed by atoms with Crippen LogP contribution in [-0.4, -0.2) is 28.2 Å². The lowest BCUT2D eigenvalue weighted by atomic mass is 10.1. The van der Waals surface area contributed by atoms with Crippen LogP contribution in [0.5, 0.6) is 5.75 Å². The zero-order valence-corrected chi connectivity index (χ0v) is 9.42. The fourth-order valence-corrected chi connectivity index (χ4v) is 1.51. The maximum absolute atomic E-state index is 13.8. The van der Waals surface area contributed by atoms with Gasteiger partial charge in [-0.2, -0.15) is 0 Å². The minimum absolute atomic E-state index is 0.0931. The van der Waals surface area contributed by atoms with Crippen LogP contribution in [0.1, 0.15) is 10.5 Å². The van der Waals surface area contributed by atoms with Gasteiger partial charge in [0.25, 0.3) is 0 Å². The van der Waals surface area contributed by atoms with Gasteiger partial charge in [-0.25, -0.2) is 14.2 Å². The van der Waals surface area contributed by atoms with Crippen LogP contribution < -0.4 is 4.74 Å². The number of nitrogens with zero attached hydrogens (tertiary/aromatic N) is 2. The van der Waals surface area contributed by atoms with E-state index in [-0.39, 0.29) is 22.7 Å². The summed E-state index contributed by atoms with van der Waals surface area (Å²) >= 11 is 0. The van der Waals surface area contributed by atoms with Crippen molar-refractivity contribution in [1.29, 1.82) is 0 Å². The predicted molar refractivity (Wildman–Crippen MR) is 60.9 cm³/mol. The van der Waals surface area contributed by atoms with E-state index in [1.54, 1.807) is 6.07 Å². The summed E-state index contributed by atoms with van der Waals surface area (Å²) in [6.07, 6.45) is 2.38. The highest BCUT2D eigenvalue weighted by Gasteiger charge is 2.15. The summed E-state index contributed by atoms with van der Waals surface area (Å²) in [4.78, 5) is 18.4. The summed E-state index contributed by atoms with van der Waals surface area (Å²) in [7, 11) is 1.40. The van der Waals surface area contributed by atoms with E-state index in [1.165, 1.54) is 25.4 Å². The van der Waals surface area contributed by atoms with Crippen molar-refractivity contribution in [2.45, 2.75) is 0 Å². The lowest BCUT2D eigenvalue weighted by Gasteiger charge is -2.08. The number of ether oxygens (including phenoxy) is 1. The molecule has 1 heterocycles. The average molecular weight is 248 g/mol. The number of hydrogen-bond donors (Lipinski definition) is 1. The number of aromatic nitrogens is 2. The molecule has 2 rings (SSSR count). The second kappa shape index (κ2) is 4.79. The van der Waals surface area contributed by atoms with Crippen molar-refractivity contribution in [2.75, 3.05) is 7.11 Å². The van der Waals surface area contributed by atoms with E-state index in [0.29, 0.717) is 0 Å². The van der Waals surface area contributed by atoms with Gasteiger partial charge in [-0.15, -0.1) is 0 Å². The van der Waals surface area contributed by atoms with E-state index in [4.69, 9.17) is 9.84 Å². The molecular weight excluding hydrogens is 239 g/mol. The smallest absolute Gasteiger partial charge is 0.356 e. The van der Waals surface area contributed by atoms with Crippen molar-refractivity contribution >= 4 is 5.97 Å². The lowest BCUT2D eigenvalue weighted by Crippen LogP contribution is -2.03. The van der Waals surface area contributed by atoms with Crippen molar-refractivity contribution in [3.8, 4) is 17.0 Å². The SMILES string of the molecule is COc1cccc(F)c1-c1cncc(C(=O)O)n1. The lowest BCUT2D eigenvalue weighted by molar-refractivity contribution is 0.0690. The summed E-state index contributed by atoms with van der Waals surface area (Å²) in [5, 5.41) is 8.82. The van der Waals surface area contributed by atoms with Gasteiger partial charge in [-0.3, -0.25) is 4.98 Å². The van der Waals surface area contributed by atoms with Crippen molar-refractivity contribution in [3.63, 3.8) is 0 Å². The highest BCUT2D eigenvalue weighted by atomic mass is 19.1. The third-order valence-corrected chi connectivity index (χ3v) is 2.31. The van der Waals surface area contributed by atoms with Crippen LogP contribution in [0.3, 0.4) is 0 Å². The van der Waals surface area contributed by atoms with Crippen LogP contribution >= 0.6 is 0 Å². The molecule has 0 saturated carbocycles. The van der Waals surface area contributed by atoms with Gasteiger partial charge < -0.3 is 9.84 Å². The first kappa shape index (κ1) is 12.0. The highest BCUT2D eigenvalue weighted by molar-refractivity contribution is 5.85. The monoisotopic (exact) mass is 248 g/mol. The zero-order valence-electron chi connectivity index (χ0n) is 9.42. The molecule has 6 heteroatoms. The summed E-state index contributed by atoms with van der Waals surface area (Å²) < 4.78 is 18.8. The molecule has 92 valence electrons. The fraction of sp³-hybridized carbons (Fsp3) is 0.0833. The van der Waals surface area contributed by atoms with Gasteiger partial charge in [0.15, 0.2) is 5.69 Å². The molecule has 0 atom stereocenters. The van der Waals surface area contributed by atoms with Crippen molar-refractivity contribution in [3.05, 3.63) is 42.1 Å². The van der Waals surface area contributed by atoms with E-state index in [0.717, 1.165) is 6.20 Å². The Hall–Kier alpha value is -2.50. The number of carboxylic acid groups (broad SMARTS) is 1. The first-order valence-corrected chi connectivity index (χ1v) is 5.01. The van der Waals surface area contributed by atoms with Gasteiger partial charge in [0, 0.05) is 0 Å². The van der Waals surface area contributed by atoms with Crippen LogP contribution in [0.2, 0.25) is 0 Å². The van der Waals surface area contributed by atoms with Crippen molar-refractivity contribution in [2.24, 2.45) is 0 Å². The first-order valence-electron chi connectivity index (χ1n) is 5.01. The molecule has 5 nitrogen and oxygen atoms in total. The first-order chi connectivity index (χ1) is 8.63. The second-order valence-electron chi connectivity index (χ2n) is 3.41. The Balaban J connectivity index is 2.61. The number of hydrogen-bond acceptors (Lipinski definition) is 4. The van der Waals surface area contributed by atoms with E-state index in [1.807, 2.05) is 0 Å². The van der Waals surface area contributed by atoms with Crippen LogP contribution in [-0.2, 0) is 0 Å². The van der Waals surface area contributed by atoms with Crippen molar-refractivity contribution in [1.82, 2.24) is 9.97 Å². The molecule has 0 aliphatic heterocycles. The van der Waals surface area contributed by atoms with Crippen LogP contribution in [0.4, 0.5) is 4.39 Å². The van der Waals surface area contributed by atoms with E-state index < -0.39 is 11.8 Å². The summed E-state index contributed by atoms with van der Waals surface area (Å²) in [5.74, 6) is -1.50. The standard InChI is InChI=1S/C12H9FN2O3/c1-18-10-4-2-3-7(13)11(10)8-5-14-6-9(15-8)12(16)17/h2-6H,1H3,(H,16,17). The largest absolute Gasteiger partial charge is 0.496 e. The molecule has 0 unspecified atom stereocenters. The topological polar surface area (TPSA) is 72.3 Å². The number of carboxylic acids is 1. The van der Waals surface area contributed by atoms with E-state index in [9.17, 15) is 9.18 Å². The number of halogens is 1. The Morgan fingerprint density at radius 3 is 2.83 bits per heavy atom. The zero-order chi connectivity index (χ0) is 13.1. The Morgan fingerprint density at radius 2 is 2.17 bits per heavy atom. The minimum Gasteiger partial charge on any atom is -0.496 e. The molecule has 0 bridgehead atoms. The molecule has 1 aromatic carbocycles. The highest BCUT2D eigenvalue weighted by Crippen LogP contribution is 2.30. The molecule has 0 spiro atoms. The van der Waals surface area contributed by atoms with Gasteiger partial charge >= 0.3 is 5.97 Å². The maximum Gasteiger partial charge on any atom is 0.356 e. The molecule has 0 radical (unpaired) electrons. The molecule has 0 aliphatic rings. The van der Waals surface area contributed by atoms with Crippen LogP contribution in [0.15, 0.2) is 30.6 Å². The van der Waals surface area contributed by atoms with Gasteiger partial charge in [-0.1, -0.05) is 6.07 Å². The molecule has 0 amide bonds. The number of aromatic carboxylic acids is 1. The number of carbonyl (C=O) groups is 1. The van der Waals surface area contributed by atoms with Gasteiger partial charge in [0.1, 0.15) is 11.6 Å². The number of rotatable bonds is 3. The fourth-order valence-electron chi connectivity index (χ4n) is 1.51. The minimum atomic E-state index is -1.22. The summed E-state index contributed by atoms with van der Waals surface area (Å²) in [6, 6.07) is 4.30. The third kappa shape index (κ3) is 2.13. The van der Waals surface area contributed by atoms with Crippen LogP contribution in [0.25, 0.3) is 11.3 Å². The van der Waals surface area contributed by atoms with Gasteiger partial charge in [0.2, 0.25) is 0 Å². The van der Waals surface area contributed by atoms with Gasteiger partial charge in [0.05, 0.1) is 30.8 Å². The van der Waals surface area contributed by atoms with E-state index >= 15 is 0 Å². The molecule has 0 aliphatic carbocycles. The second-order valence-corrected chi connectivity index (χ2v) is 3.41. The molecular formula is C12H9FN2O3. The third-order valence-electron chi connectivity index (χ3n) is 2.31. The van der Waals surface area contributed by atoms with Gasteiger partial charge in [-0.05, 0) is 12.1 Å². The molecule has 0 saturated heterocycles. The van der Waals surface area contributed by atoms with E-state index in [2.05, 4.69) is 9.97 Å². The number of benzene rings is 1. The molecule has 2 aromatic rings. The van der Waals surface area contributed by atoms with Crippen LogP contribution in [0, 0.1) is 5.82 Å². The normalized spacial score (nSPS) is 10.1. The van der Waals surface area contributed by atoms with Crippen molar-refractivity contribution < 1.29 is 19.0 Å². The maximum atomic E-state index is 13.8. The Kier molecular flexibility index (Phi) is 3.18. The molecule has 1 aromatic heterocycles. The average Bonchev–Trinajstić information content (AvgIpc) is 2.38. The quantitative estimate of drug-likeness (QED) is 0.899. The molecule has 0 fully saturated rings. The molecule has 18 heavy (non-hydrogen) atoms. The Morgan fingerprint density at radius 1 is 1.39 bits per heavy atom. The number of methoxy groups -OCH3 is 1. The summed E-state index contributed by atoms with van der Waals surface area (Å²) in [6.45, 7) is 0. The Labute approximate surface area is 102 Å². The summed E-state index contributed by atoms with van der Waals surface area (Å²) in [5.41, 5.74) is -0.0433. The Bertz CT molecular complexity index is 602.